The normalized spacial score (nSPS) is 10.6. The van der Waals surface area contributed by atoms with E-state index in [4.69, 9.17) is 4.74 Å². The number of fused-ring (bicyclic) bond motifs is 1. The second-order valence-electron chi connectivity index (χ2n) is 3.16. The number of carbonyl (C=O) groups is 1. The van der Waals surface area contributed by atoms with Gasteiger partial charge in [0.2, 0.25) is 5.69 Å². The Labute approximate surface area is 99.7 Å². The SMILES string of the molecule is CCOC(=O)c1cc2c(Br)cc[n+]([O-])c2[nH]1. The van der Waals surface area contributed by atoms with Crippen molar-refractivity contribution in [1.82, 2.24) is 4.98 Å². The van der Waals surface area contributed by atoms with E-state index >= 15 is 0 Å². The summed E-state index contributed by atoms with van der Waals surface area (Å²) in [6, 6.07) is 3.21. The van der Waals surface area contributed by atoms with Crippen LogP contribution >= 0.6 is 15.9 Å². The quantitative estimate of drug-likeness (QED) is 0.519. The maximum absolute atomic E-state index is 11.5. The Morgan fingerprint density at radius 3 is 3.06 bits per heavy atom. The first-order valence-electron chi connectivity index (χ1n) is 4.71. The molecule has 0 radical (unpaired) electrons. The number of pyridine rings is 1. The number of aromatic nitrogens is 2. The molecule has 2 rings (SSSR count). The minimum atomic E-state index is -0.467. The summed E-state index contributed by atoms with van der Waals surface area (Å²) in [5.74, 6) is -0.467. The van der Waals surface area contributed by atoms with Gasteiger partial charge in [0.15, 0.2) is 0 Å². The summed E-state index contributed by atoms with van der Waals surface area (Å²) in [5.41, 5.74) is 0.603. The molecule has 0 saturated heterocycles. The molecule has 0 bridgehead atoms. The minimum Gasteiger partial charge on any atom is -0.711 e. The van der Waals surface area contributed by atoms with E-state index in [0.717, 1.165) is 4.47 Å². The van der Waals surface area contributed by atoms with Gasteiger partial charge in [-0.05, 0) is 28.9 Å². The lowest BCUT2D eigenvalue weighted by atomic mass is 10.3. The van der Waals surface area contributed by atoms with Crippen molar-refractivity contribution >= 4 is 32.9 Å². The van der Waals surface area contributed by atoms with Crippen LogP contribution in [-0.4, -0.2) is 17.6 Å². The fourth-order valence-electron chi connectivity index (χ4n) is 1.42. The van der Waals surface area contributed by atoms with Crippen molar-refractivity contribution in [1.29, 1.82) is 0 Å². The van der Waals surface area contributed by atoms with Crippen LogP contribution in [0.5, 0.6) is 0 Å². The fraction of sp³-hybridized carbons (Fsp3) is 0.200. The van der Waals surface area contributed by atoms with E-state index in [0.29, 0.717) is 22.4 Å². The number of nitrogens with zero attached hydrogens (tertiary/aromatic N) is 1. The van der Waals surface area contributed by atoms with Crippen molar-refractivity contribution in [3.63, 3.8) is 0 Å². The van der Waals surface area contributed by atoms with Crippen molar-refractivity contribution in [2.24, 2.45) is 0 Å². The van der Waals surface area contributed by atoms with E-state index in [1.54, 1.807) is 19.1 Å². The Morgan fingerprint density at radius 1 is 1.69 bits per heavy atom. The summed E-state index contributed by atoms with van der Waals surface area (Å²) in [6.45, 7) is 2.02. The number of hydrogen-bond donors (Lipinski definition) is 1. The predicted octanol–water partition coefficient (Wildman–Crippen LogP) is 1.74. The number of H-pyrrole nitrogens is 1. The lowest BCUT2D eigenvalue weighted by molar-refractivity contribution is -0.579. The second kappa shape index (κ2) is 4.13. The van der Waals surface area contributed by atoms with Gasteiger partial charge in [0.05, 0.1) is 18.2 Å². The zero-order valence-corrected chi connectivity index (χ0v) is 10.1. The van der Waals surface area contributed by atoms with Crippen LogP contribution in [0.15, 0.2) is 22.8 Å². The summed E-state index contributed by atoms with van der Waals surface area (Å²) >= 11 is 3.31. The molecule has 0 amide bonds. The van der Waals surface area contributed by atoms with Crippen molar-refractivity contribution in [2.75, 3.05) is 6.61 Å². The molecule has 0 atom stereocenters. The first kappa shape index (κ1) is 10.9. The van der Waals surface area contributed by atoms with Crippen LogP contribution in [0.3, 0.4) is 0 Å². The van der Waals surface area contributed by atoms with E-state index < -0.39 is 5.97 Å². The molecule has 0 fully saturated rings. The highest BCUT2D eigenvalue weighted by Gasteiger charge is 2.18. The summed E-state index contributed by atoms with van der Waals surface area (Å²) in [7, 11) is 0. The smallest absolute Gasteiger partial charge is 0.378 e. The van der Waals surface area contributed by atoms with Gasteiger partial charge in [-0.2, -0.15) is 0 Å². The standard InChI is InChI=1S/C10H9BrN2O3/c1-2-16-10(14)8-5-6-7(11)3-4-13(15)9(6)12-8/h3-5,12H,2H2,1H3. The molecule has 0 saturated carbocycles. The highest BCUT2D eigenvalue weighted by atomic mass is 79.9. The van der Waals surface area contributed by atoms with Gasteiger partial charge in [0.25, 0.3) is 5.65 Å². The Balaban J connectivity index is 2.55. The fourth-order valence-corrected chi connectivity index (χ4v) is 1.84. The molecule has 0 unspecified atom stereocenters. The van der Waals surface area contributed by atoms with Crippen LogP contribution in [0.25, 0.3) is 11.0 Å². The first-order valence-corrected chi connectivity index (χ1v) is 5.50. The summed E-state index contributed by atoms with van der Waals surface area (Å²) in [4.78, 5) is 14.2. The second-order valence-corrected chi connectivity index (χ2v) is 4.01. The molecule has 2 heterocycles. The van der Waals surface area contributed by atoms with Crippen LogP contribution in [-0.2, 0) is 4.74 Å². The van der Waals surface area contributed by atoms with E-state index in [1.807, 2.05) is 0 Å². The van der Waals surface area contributed by atoms with Crippen molar-refractivity contribution in [2.45, 2.75) is 6.92 Å². The monoisotopic (exact) mass is 284 g/mol. The Bertz CT molecular complexity index is 511. The van der Waals surface area contributed by atoms with Gasteiger partial charge < -0.3 is 9.94 Å². The number of carbonyl (C=O) groups excluding carboxylic acids is 1. The number of aromatic amines is 1. The summed E-state index contributed by atoms with van der Waals surface area (Å²) < 4.78 is 6.26. The number of ether oxygens (including phenoxy) is 1. The van der Waals surface area contributed by atoms with Crippen LogP contribution in [0.2, 0.25) is 0 Å². The van der Waals surface area contributed by atoms with E-state index in [-0.39, 0.29) is 5.69 Å². The van der Waals surface area contributed by atoms with Crippen LogP contribution < -0.4 is 4.73 Å². The zero-order chi connectivity index (χ0) is 11.7. The largest absolute Gasteiger partial charge is 0.711 e. The number of rotatable bonds is 2. The molecular formula is C10H9BrN2O3. The summed E-state index contributed by atoms with van der Waals surface area (Å²) in [6.07, 6.45) is 1.36. The average molecular weight is 285 g/mol. The molecule has 0 aliphatic carbocycles. The Morgan fingerprint density at radius 2 is 2.44 bits per heavy atom. The minimum absolute atomic E-state index is 0.272. The maximum atomic E-state index is 11.5. The number of nitrogens with one attached hydrogen (secondary N) is 1. The molecule has 16 heavy (non-hydrogen) atoms. The van der Waals surface area contributed by atoms with E-state index in [9.17, 15) is 10.0 Å². The van der Waals surface area contributed by atoms with Gasteiger partial charge in [-0.15, -0.1) is 0 Å². The molecule has 0 aliphatic heterocycles. The number of esters is 1. The maximum Gasteiger partial charge on any atom is 0.378 e. The topological polar surface area (TPSA) is 69.0 Å². The molecule has 2 aromatic heterocycles. The van der Waals surface area contributed by atoms with E-state index in [1.165, 1.54) is 6.20 Å². The molecule has 84 valence electrons. The molecular weight excluding hydrogens is 276 g/mol. The van der Waals surface area contributed by atoms with Gasteiger partial charge in [-0.25, -0.2) is 14.5 Å². The lowest BCUT2D eigenvalue weighted by Crippen LogP contribution is -2.26. The molecule has 5 nitrogen and oxygen atoms in total. The van der Waals surface area contributed by atoms with Gasteiger partial charge in [0, 0.05) is 10.5 Å². The van der Waals surface area contributed by atoms with Gasteiger partial charge in [-0.3, -0.25) is 0 Å². The number of halogens is 1. The van der Waals surface area contributed by atoms with Gasteiger partial charge in [-0.1, -0.05) is 0 Å². The zero-order valence-electron chi connectivity index (χ0n) is 8.49. The third-order valence-corrected chi connectivity index (χ3v) is 2.82. The predicted molar refractivity (Wildman–Crippen MR) is 60.9 cm³/mol. The molecule has 1 N–H and O–H groups in total. The van der Waals surface area contributed by atoms with Crippen molar-refractivity contribution in [3.05, 3.63) is 33.7 Å². The van der Waals surface area contributed by atoms with Gasteiger partial charge in [0.1, 0.15) is 0 Å². The third kappa shape index (κ3) is 1.76. The summed E-state index contributed by atoms with van der Waals surface area (Å²) in [5, 5.41) is 12.1. The molecule has 0 aliphatic rings. The molecule has 6 heteroatoms. The third-order valence-electron chi connectivity index (χ3n) is 2.13. The van der Waals surface area contributed by atoms with Gasteiger partial charge >= 0.3 is 5.97 Å². The van der Waals surface area contributed by atoms with Crippen molar-refractivity contribution < 1.29 is 14.3 Å². The van der Waals surface area contributed by atoms with Crippen LogP contribution in [0.1, 0.15) is 17.4 Å². The van der Waals surface area contributed by atoms with Crippen molar-refractivity contribution in [3.8, 4) is 0 Å². The lowest BCUT2D eigenvalue weighted by Gasteiger charge is -2.01. The van der Waals surface area contributed by atoms with Crippen LogP contribution in [0.4, 0.5) is 0 Å². The first-order chi connectivity index (χ1) is 7.63. The highest BCUT2D eigenvalue weighted by molar-refractivity contribution is 9.10. The molecule has 0 spiro atoms. The highest BCUT2D eigenvalue weighted by Crippen LogP contribution is 2.22. The van der Waals surface area contributed by atoms with E-state index in [2.05, 4.69) is 20.9 Å². The molecule has 0 aromatic carbocycles. The molecule has 2 aromatic rings. The number of hydrogen-bond acceptors (Lipinski definition) is 3. The van der Waals surface area contributed by atoms with Crippen LogP contribution in [0, 0.1) is 5.21 Å². The Hall–Kier alpha value is -1.56. The Kier molecular flexibility index (Phi) is 2.82. The average Bonchev–Trinajstić information content (AvgIpc) is 2.70.